The van der Waals surface area contributed by atoms with E-state index in [1.165, 1.54) is 25.7 Å². The first kappa shape index (κ1) is 16.8. The number of hydrogen-bond acceptors (Lipinski definition) is 3. The third kappa shape index (κ3) is 4.43. The number of rotatable bonds is 6. The molecule has 0 aromatic heterocycles. The lowest BCUT2D eigenvalue weighted by molar-refractivity contribution is -0.140. The second-order valence-electron chi connectivity index (χ2n) is 7.45. The first-order valence-corrected chi connectivity index (χ1v) is 8.76. The van der Waals surface area contributed by atoms with Gasteiger partial charge in [0.2, 0.25) is 5.91 Å². The van der Waals surface area contributed by atoms with Crippen LogP contribution in [-0.4, -0.2) is 55.0 Å². The van der Waals surface area contributed by atoms with Crippen molar-refractivity contribution in [3.8, 4) is 0 Å². The van der Waals surface area contributed by atoms with E-state index in [4.69, 9.17) is 5.73 Å². The van der Waals surface area contributed by atoms with Crippen LogP contribution in [0.25, 0.3) is 0 Å². The quantitative estimate of drug-likeness (QED) is 0.763. The summed E-state index contributed by atoms with van der Waals surface area (Å²) in [5, 5.41) is 0. The van der Waals surface area contributed by atoms with E-state index in [2.05, 4.69) is 23.6 Å². The molecule has 2 rings (SSSR count). The van der Waals surface area contributed by atoms with Crippen molar-refractivity contribution < 1.29 is 4.79 Å². The number of amides is 1. The molecule has 1 saturated carbocycles. The van der Waals surface area contributed by atoms with Gasteiger partial charge in [0, 0.05) is 32.1 Å². The summed E-state index contributed by atoms with van der Waals surface area (Å²) in [7, 11) is 0. The van der Waals surface area contributed by atoms with Crippen LogP contribution in [0.5, 0.6) is 0 Å². The zero-order valence-corrected chi connectivity index (χ0v) is 13.9. The highest BCUT2D eigenvalue weighted by Crippen LogP contribution is 2.43. The molecule has 1 unspecified atom stereocenters. The summed E-state index contributed by atoms with van der Waals surface area (Å²) >= 11 is 0. The first-order chi connectivity index (χ1) is 10.0. The number of hydrogen-bond donors (Lipinski definition) is 1. The van der Waals surface area contributed by atoms with Gasteiger partial charge in [-0.15, -0.1) is 0 Å². The molecule has 1 saturated heterocycles. The van der Waals surface area contributed by atoms with Gasteiger partial charge in [-0.25, -0.2) is 0 Å². The fraction of sp³-hybridized carbons (Fsp3) is 0.941. The number of piperazine rings is 1. The summed E-state index contributed by atoms with van der Waals surface area (Å²) in [4.78, 5) is 17.3. The van der Waals surface area contributed by atoms with Crippen molar-refractivity contribution in [2.75, 3.05) is 39.3 Å². The lowest BCUT2D eigenvalue weighted by atomic mass is 9.81. The van der Waals surface area contributed by atoms with Crippen LogP contribution < -0.4 is 5.73 Å². The zero-order chi connectivity index (χ0) is 15.3. The van der Waals surface area contributed by atoms with E-state index in [0.29, 0.717) is 5.91 Å². The Morgan fingerprint density at radius 1 is 1.14 bits per heavy atom. The predicted octanol–water partition coefficient (Wildman–Crippen LogP) is 2.09. The van der Waals surface area contributed by atoms with Crippen molar-refractivity contribution in [1.82, 2.24) is 9.80 Å². The minimum Gasteiger partial charge on any atom is -0.340 e. The molecule has 4 heteroatoms. The third-order valence-corrected chi connectivity index (χ3v) is 5.42. The molecule has 122 valence electrons. The van der Waals surface area contributed by atoms with E-state index < -0.39 is 0 Å². The van der Waals surface area contributed by atoms with Gasteiger partial charge in [0.1, 0.15) is 0 Å². The maximum Gasteiger partial charge on any atom is 0.226 e. The summed E-state index contributed by atoms with van der Waals surface area (Å²) in [5.74, 6) is 0.675. The van der Waals surface area contributed by atoms with Gasteiger partial charge in [0.25, 0.3) is 0 Å². The highest BCUT2D eigenvalue weighted by molar-refractivity contribution is 5.80. The van der Waals surface area contributed by atoms with Crippen LogP contribution in [0.1, 0.15) is 52.4 Å². The molecule has 0 radical (unpaired) electrons. The van der Waals surface area contributed by atoms with Gasteiger partial charge in [-0.2, -0.15) is 0 Å². The van der Waals surface area contributed by atoms with Crippen molar-refractivity contribution in [2.24, 2.45) is 17.1 Å². The Morgan fingerprint density at radius 3 is 2.43 bits per heavy atom. The van der Waals surface area contributed by atoms with Gasteiger partial charge in [-0.1, -0.05) is 26.7 Å². The third-order valence-electron chi connectivity index (χ3n) is 5.42. The monoisotopic (exact) mass is 295 g/mol. The van der Waals surface area contributed by atoms with Crippen LogP contribution in [0.4, 0.5) is 0 Å². The maximum atomic E-state index is 12.7. The summed E-state index contributed by atoms with van der Waals surface area (Å²) in [6.07, 6.45) is 7.10. The number of nitrogens with zero attached hydrogens (tertiary/aromatic N) is 2. The Morgan fingerprint density at radius 2 is 1.86 bits per heavy atom. The zero-order valence-electron chi connectivity index (χ0n) is 13.9. The Hall–Kier alpha value is -0.610. The summed E-state index contributed by atoms with van der Waals surface area (Å²) < 4.78 is 0. The molecule has 4 nitrogen and oxygen atoms in total. The van der Waals surface area contributed by atoms with Crippen molar-refractivity contribution >= 4 is 5.91 Å². The van der Waals surface area contributed by atoms with Crippen LogP contribution in [0.3, 0.4) is 0 Å². The molecule has 1 amide bonds. The second kappa shape index (κ2) is 7.59. The SMILES string of the molecule is CC1(C)CCCC1C(=O)N1CCN(CCCCCN)CC1. The standard InChI is InChI=1S/C17H33N3O/c1-17(2)8-6-7-15(17)16(21)20-13-11-19(12-14-20)10-5-3-4-9-18/h15H,3-14,18H2,1-2H3. The van der Waals surface area contributed by atoms with E-state index in [-0.39, 0.29) is 11.3 Å². The van der Waals surface area contributed by atoms with Crippen molar-refractivity contribution in [3.05, 3.63) is 0 Å². The smallest absolute Gasteiger partial charge is 0.226 e. The molecule has 1 heterocycles. The molecular weight excluding hydrogens is 262 g/mol. The predicted molar refractivity (Wildman–Crippen MR) is 87.0 cm³/mol. The molecule has 1 aliphatic carbocycles. The average molecular weight is 295 g/mol. The van der Waals surface area contributed by atoms with E-state index in [9.17, 15) is 4.79 Å². The highest BCUT2D eigenvalue weighted by Gasteiger charge is 2.41. The lowest BCUT2D eigenvalue weighted by Crippen LogP contribution is -2.51. The molecule has 1 atom stereocenters. The second-order valence-corrected chi connectivity index (χ2v) is 7.45. The topological polar surface area (TPSA) is 49.6 Å². The maximum absolute atomic E-state index is 12.7. The molecular formula is C17H33N3O. The average Bonchev–Trinajstić information content (AvgIpc) is 2.83. The molecule has 1 aliphatic heterocycles. The Labute approximate surface area is 130 Å². The van der Waals surface area contributed by atoms with Gasteiger partial charge in [0.05, 0.1) is 0 Å². The van der Waals surface area contributed by atoms with Crippen LogP contribution in [0.2, 0.25) is 0 Å². The minimum atomic E-state index is 0.205. The molecule has 21 heavy (non-hydrogen) atoms. The molecule has 2 fully saturated rings. The van der Waals surface area contributed by atoms with Crippen LogP contribution in [0.15, 0.2) is 0 Å². The van der Waals surface area contributed by atoms with Crippen molar-refractivity contribution in [1.29, 1.82) is 0 Å². The normalized spacial score (nSPS) is 26.2. The van der Waals surface area contributed by atoms with E-state index >= 15 is 0 Å². The molecule has 0 spiro atoms. The number of nitrogens with two attached hydrogens (primary N) is 1. The summed E-state index contributed by atoms with van der Waals surface area (Å²) in [6.45, 7) is 10.4. The Balaban J connectivity index is 1.72. The molecule has 2 aliphatic rings. The Kier molecular flexibility index (Phi) is 6.06. The molecule has 0 aromatic carbocycles. The minimum absolute atomic E-state index is 0.205. The Bertz CT molecular complexity index is 335. The lowest BCUT2D eigenvalue weighted by Gasteiger charge is -2.38. The molecule has 0 bridgehead atoms. The fourth-order valence-corrected chi connectivity index (χ4v) is 3.85. The van der Waals surface area contributed by atoms with Crippen LogP contribution in [-0.2, 0) is 4.79 Å². The summed E-state index contributed by atoms with van der Waals surface area (Å²) in [5.41, 5.74) is 5.73. The van der Waals surface area contributed by atoms with Crippen LogP contribution >= 0.6 is 0 Å². The van der Waals surface area contributed by atoms with Gasteiger partial charge in [-0.3, -0.25) is 9.69 Å². The number of unbranched alkanes of at least 4 members (excludes halogenated alkanes) is 2. The van der Waals surface area contributed by atoms with Gasteiger partial charge in [-0.05, 0) is 44.2 Å². The van der Waals surface area contributed by atoms with E-state index in [1.54, 1.807) is 0 Å². The fourth-order valence-electron chi connectivity index (χ4n) is 3.85. The van der Waals surface area contributed by atoms with Gasteiger partial charge >= 0.3 is 0 Å². The number of carbonyl (C=O) groups is 1. The van der Waals surface area contributed by atoms with Crippen LogP contribution in [0, 0.1) is 11.3 Å². The van der Waals surface area contributed by atoms with E-state index in [0.717, 1.165) is 52.1 Å². The van der Waals surface area contributed by atoms with Gasteiger partial charge in [0.15, 0.2) is 0 Å². The largest absolute Gasteiger partial charge is 0.340 e. The first-order valence-electron chi connectivity index (χ1n) is 8.76. The van der Waals surface area contributed by atoms with Gasteiger partial charge < -0.3 is 10.6 Å². The van der Waals surface area contributed by atoms with Crippen molar-refractivity contribution in [3.63, 3.8) is 0 Å². The number of carbonyl (C=O) groups excluding carboxylic acids is 1. The van der Waals surface area contributed by atoms with Crippen molar-refractivity contribution in [2.45, 2.75) is 52.4 Å². The van der Waals surface area contributed by atoms with E-state index in [1.807, 2.05) is 0 Å². The highest BCUT2D eigenvalue weighted by atomic mass is 16.2. The molecule has 0 aromatic rings. The summed E-state index contributed by atoms with van der Waals surface area (Å²) in [6, 6.07) is 0. The molecule has 2 N–H and O–H groups in total.